The molecule has 0 atom stereocenters. The van der Waals surface area contributed by atoms with Crippen LogP contribution in [0, 0.1) is 11.6 Å². The zero-order valence-electron chi connectivity index (χ0n) is 4.34. The van der Waals surface area contributed by atoms with Crippen LogP contribution in [-0.2, 0) is 0 Å². The lowest BCUT2D eigenvalue weighted by atomic mass is 10.5. The molecule has 1 nitrogen and oxygen atoms in total. The predicted molar refractivity (Wildman–Crippen MR) is 31.4 cm³/mol. The van der Waals surface area contributed by atoms with Gasteiger partial charge in [0.1, 0.15) is 0 Å². The zero-order chi connectivity index (χ0) is 5.98. The largest absolute Gasteiger partial charge is 0.261 e. The molecule has 0 aromatic carbocycles. The number of hydrogen-bond donors (Lipinski definition) is 0. The maximum absolute atomic E-state index is 11.9. The average Bonchev–Trinajstić information content (AvgIpc) is 1.77. The highest BCUT2D eigenvalue weighted by Crippen LogP contribution is 1.98. The minimum atomic E-state index is -0.910. The van der Waals surface area contributed by atoms with E-state index in [0.29, 0.717) is 0 Å². The van der Waals surface area contributed by atoms with Crippen LogP contribution in [0.5, 0.6) is 0 Å². The van der Waals surface area contributed by atoms with Gasteiger partial charge in [0.2, 0.25) is 0 Å². The molecule has 0 saturated heterocycles. The summed E-state index contributed by atoms with van der Waals surface area (Å²) in [4.78, 5) is 3.33. The molecule has 4 heteroatoms. The first-order chi connectivity index (χ1) is 3.80. The van der Waals surface area contributed by atoms with Gasteiger partial charge in [0, 0.05) is 6.20 Å². The molecule has 0 N–H and O–H groups in total. The highest BCUT2D eigenvalue weighted by atomic mass is 35.5. The number of aromatic nitrogens is 1. The van der Waals surface area contributed by atoms with E-state index in [4.69, 9.17) is 0 Å². The third-order valence-electron chi connectivity index (χ3n) is 0.723. The molecule has 0 aliphatic heterocycles. The smallest absolute Gasteiger partial charge is 0.177 e. The van der Waals surface area contributed by atoms with Crippen LogP contribution < -0.4 is 0 Å². The van der Waals surface area contributed by atoms with Crippen molar-refractivity contribution in [2.24, 2.45) is 0 Å². The second kappa shape index (κ2) is 3.35. The molecule has 0 radical (unpaired) electrons. The van der Waals surface area contributed by atoms with Crippen LogP contribution in [0.3, 0.4) is 0 Å². The zero-order valence-corrected chi connectivity index (χ0v) is 5.16. The number of rotatable bonds is 0. The van der Waals surface area contributed by atoms with Crippen molar-refractivity contribution < 1.29 is 8.78 Å². The Bertz CT molecular complexity index is 171. The van der Waals surface area contributed by atoms with Crippen LogP contribution in [0.15, 0.2) is 18.5 Å². The summed E-state index contributed by atoms with van der Waals surface area (Å²) in [7, 11) is 0. The van der Waals surface area contributed by atoms with Crippen LogP contribution in [0.4, 0.5) is 8.78 Å². The molecule has 1 rings (SSSR count). The minimum absolute atomic E-state index is 0. The first-order valence-corrected chi connectivity index (χ1v) is 2.06. The maximum Gasteiger partial charge on any atom is 0.177 e. The van der Waals surface area contributed by atoms with Gasteiger partial charge in [0.15, 0.2) is 11.6 Å². The minimum Gasteiger partial charge on any atom is -0.261 e. The number of halogens is 3. The van der Waals surface area contributed by atoms with E-state index in [2.05, 4.69) is 4.98 Å². The Kier molecular flexibility index (Phi) is 3.09. The molecular formula is C5H4ClF2N. The fourth-order valence-electron chi connectivity index (χ4n) is 0.358. The number of nitrogens with zero attached hydrogens (tertiary/aromatic N) is 1. The van der Waals surface area contributed by atoms with Crippen LogP contribution in [-0.4, -0.2) is 4.98 Å². The Balaban J connectivity index is 0.000000640. The highest BCUT2D eigenvalue weighted by molar-refractivity contribution is 5.85. The van der Waals surface area contributed by atoms with E-state index in [1.54, 1.807) is 0 Å². The number of pyridine rings is 1. The van der Waals surface area contributed by atoms with E-state index in [1.807, 2.05) is 0 Å². The summed E-state index contributed by atoms with van der Waals surface area (Å²) in [6, 6.07) is 0.968. The summed E-state index contributed by atoms with van der Waals surface area (Å²) in [5.41, 5.74) is 0. The monoisotopic (exact) mass is 151 g/mol. The molecule has 9 heavy (non-hydrogen) atoms. The van der Waals surface area contributed by atoms with Gasteiger partial charge in [-0.15, -0.1) is 12.4 Å². The predicted octanol–water partition coefficient (Wildman–Crippen LogP) is 1.78. The van der Waals surface area contributed by atoms with Gasteiger partial charge in [-0.05, 0) is 6.07 Å². The van der Waals surface area contributed by atoms with Crippen molar-refractivity contribution in [2.45, 2.75) is 0 Å². The van der Waals surface area contributed by atoms with Crippen LogP contribution in [0.25, 0.3) is 0 Å². The molecule has 0 fully saturated rings. The molecule has 0 bridgehead atoms. The summed E-state index contributed by atoms with van der Waals surface area (Å²) in [5.74, 6) is -1.77. The van der Waals surface area contributed by atoms with Crippen molar-refractivity contribution in [1.82, 2.24) is 4.98 Å². The van der Waals surface area contributed by atoms with E-state index in [-0.39, 0.29) is 12.4 Å². The summed E-state index contributed by atoms with van der Waals surface area (Å²) < 4.78 is 23.8. The first-order valence-electron chi connectivity index (χ1n) is 2.06. The van der Waals surface area contributed by atoms with E-state index >= 15 is 0 Å². The van der Waals surface area contributed by atoms with Gasteiger partial charge < -0.3 is 0 Å². The van der Waals surface area contributed by atoms with Crippen LogP contribution >= 0.6 is 12.4 Å². The third-order valence-corrected chi connectivity index (χ3v) is 0.723. The molecule has 0 saturated carbocycles. The Morgan fingerprint density at radius 2 is 1.89 bits per heavy atom. The second-order valence-electron chi connectivity index (χ2n) is 1.29. The van der Waals surface area contributed by atoms with Crippen molar-refractivity contribution in [1.29, 1.82) is 0 Å². The summed E-state index contributed by atoms with van der Waals surface area (Å²) in [5, 5.41) is 0. The molecule has 1 heterocycles. The molecule has 0 aliphatic rings. The quantitative estimate of drug-likeness (QED) is 0.551. The van der Waals surface area contributed by atoms with Crippen LogP contribution in [0.2, 0.25) is 0 Å². The van der Waals surface area contributed by atoms with Crippen molar-refractivity contribution >= 4 is 12.4 Å². The van der Waals surface area contributed by atoms with Gasteiger partial charge in [-0.25, -0.2) is 8.78 Å². The van der Waals surface area contributed by atoms with Crippen molar-refractivity contribution in [2.75, 3.05) is 0 Å². The molecule has 0 aliphatic carbocycles. The van der Waals surface area contributed by atoms with Crippen molar-refractivity contribution in [3.8, 4) is 0 Å². The van der Waals surface area contributed by atoms with Gasteiger partial charge in [-0.1, -0.05) is 0 Å². The lowest BCUT2D eigenvalue weighted by Gasteiger charge is -1.84. The first kappa shape index (κ1) is 8.30. The fourth-order valence-corrected chi connectivity index (χ4v) is 0.358. The molecule has 1 aromatic rings. The molecule has 1 aromatic heterocycles. The van der Waals surface area contributed by atoms with Gasteiger partial charge in [-0.3, -0.25) is 4.98 Å². The van der Waals surface area contributed by atoms with E-state index in [1.165, 1.54) is 6.20 Å². The lowest BCUT2D eigenvalue weighted by Crippen LogP contribution is -1.81. The van der Waals surface area contributed by atoms with Gasteiger partial charge >= 0.3 is 0 Å². The van der Waals surface area contributed by atoms with Crippen LogP contribution in [0.1, 0.15) is 0 Å². The summed E-state index contributed by atoms with van der Waals surface area (Å²) in [6.07, 6.45) is 2.02. The van der Waals surface area contributed by atoms with E-state index in [0.717, 1.165) is 12.3 Å². The topological polar surface area (TPSA) is 12.9 Å². The average molecular weight is 152 g/mol. The molecule has 0 amide bonds. The molecule has 0 spiro atoms. The molecule has 0 unspecified atom stereocenters. The van der Waals surface area contributed by atoms with Crippen molar-refractivity contribution in [3.63, 3.8) is 0 Å². The Hall–Kier alpha value is -0.700. The SMILES string of the molecule is Cl.Fc1ccncc1F. The Morgan fingerprint density at radius 1 is 1.22 bits per heavy atom. The van der Waals surface area contributed by atoms with Crippen molar-refractivity contribution in [3.05, 3.63) is 30.1 Å². The van der Waals surface area contributed by atoms with Gasteiger partial charge in [0.05, 0.1) is 6.20 Å². The number of hydrogen-bond acceptors (Lipinski definition) is 1. The van der Waals surface area contributed by atoms with Gasteiger partial charge in [0.25, 0.3) is 0 Å². The fraction of sp³-hybridized carbons (Fsp3) is 0. The highest BCUT2D eigenvalue weighted by Gasteiger charge is 1.94. The van der Waals surface area contributed by atoms with Gasteiger partial charge in [-0.2, -0.15) is 0 Å². The summed E-state index contributed by atoms with van der Waals surface area (Å²) >= 11 is 0. The summed E-state index contributed by atoms with van der Waals surface area (Å²) in [6.45, 7) is 0. The molecular weight excluding hydrogens is 148 g/mol. The van der Waals surface area contributed by atoms with E-state index in [9.17, 15) is 8.78 Å². The maximum atomic E-state index is 11.9. The standard InChI is InChI=1S/C5H3F2N.ClH/c6-4-1-2-8-3-5(4)7;/h1-3H;1H. The Labute approximate surface area is 57.1 Å². The third kappa shape index (κ3) is 1.93. The Morgan fingerprint density at radius 3 is 2.22 bits per heavy atom. The lowest BCUT2D eigenvalue weighted by molar-refractivity contribution is 0.504. The normalized spacial score (nSPS) is 8.22. The molecule has 50 valence electrons. The second-order valence-corrected chi connectivity index (χ2v) is 1.29. The van der Waals surface area contributed by atoms with E-state index < -0.39 is 11.6 Å².